The van der Waals surface area contributed by atoms with Crippen molar-refractivity contribution in [3.05, 3.63) is 59.7 Å². The summed E-state index contributed by atoms with van der Waals surface area (Å²) in [5.74, 6) is 0.0346. The molecular weight excluding hydrogens is 288 g/mol. The van der Waals surface area contributed by atoms with Crippen molar-refractivity contribution in [3.8, 4) is 5.75 Å². The van der Waals surface area contributed by atoms with E-state index in [-0.39, 0.29) is 11.7 Å². The molecular formula is C19H18N2O2. The largest absolute Gasteiger partial charge is 0.507 e. The summed E-state index contributed by atoms with van der Waals surface area (Å²) in [5.41, 5.74) is 3.32. The number of phenolic OH excluding ortho intramolecular Hbond substituents is 1. The number of amides is 1. The van der Waals surface area contributed by atoms with Gasteiger partial charge in [0, 0.05) is 12.1 Å². The van der Waals surface area contributed by atoms with Crippen LogP contribution >= 0.6 is 0 Å². The zero-order valence-corrected chi connectivity index (χ0v) is 13.2. The first-order valence-corrected chi connectivity index (χ1v) is 7.58. The SMILES string of the molecule is CCN1C(=O)/C(=C\c2ccccc2O)C(C)=Nc2ccccc21. The number of likely N-dealkylation sites (N-methyl/N-ethyl adjacent to an activating group) is 1. The Morgan fingerprint density at radius 1 is 1.13 bits per heavy atom. The molecule has 4 heteroatoms. The molecule has 0 atom stereocenters. The summed E-state index contributed by atoms with van der Waals surface area (Å²) < 4.78 is 0. The fourth-order valence-electron chi connectivity index (χ4n) is 2.68. The molecule has 4 nitrogen and oxygen atoms in total. The Kier molecular flexibility index (Phi) is 3.98. The third-order valence-electron chi connectivity index (χ3n) is 3.88. The molecule has 0 unspecified atom stereocenters. The fraction of sp³-hybridized carbons (Fsp3) is 0.158. The lowest BCUT2D eigenvalue weighted by atomic mass is 10.1. The topological polar surface area (TPSA) is 52.9 Å². The maximum Gasteiger partial charge on any atom is 0.260 e. The molecule has 0 saturated heterocycles. The number of carbonyl (C=O) groups excluding carboxylic acids is 1. The first-order chi connectivity index (χ1) is 11.1. The third kappa shape index (κ3) is 2.75. The smallest absolute Gasteiger partial charge is 0.260 e. The Labute approximate surface area is 135 Å². The van der Waals surface area contributed by atoms with E-state index < -0.39 is 0 Å². The van der Waals surface area contributed by atoms with Gasteiger partial charge in [-0.2, -0.15) is 0 Å². The van der Waals surface area contributed by atoms with E-state index in [4.69, 9.17) is 0 Å². The molecule has 0 bridgehead atoms. The first kappa shape index (κ1) is 15.0. The van der Waals surface area contributed by atoms with Gasteiger partial charge in [0.25, 0.3) is 5.91 Å². The maximum absolute atomic E-state index is 13.0. The van der Waals surface area contributed by atoms with E-state index in [1.807, 2.05) is 44.2 Å². The van der Waals surface area contributed by atoms with Gasteiger partial charge in [-0.05, 0) is 38.1 Å². The van der Waals surface area contributed by atoms with E-state index in [0.717, 1.165) is 11.4 Å². The predicted octanol–water partition coefficient (Wildman–Crippen LogP) is 3.93. The van der Waals surface area contributed by atoms with Crippen LogP contribution in [-0.2, 0) is 4.79 Å². The quantitative estimate of drug-likeness (QED) is 0.855. The van der Waals surface area contributed by atoms with Gasteiger partial charge in [0.1, 0.15) is 5.75 Å². The minimum Gasteiger partial charge on any atom is -0.507 e. The van der Waals surface area contributed by atoms with Crippen molar-refractivity contribution in [1.82, 2.24) is 0 Å². The van der Waals surface area contributed by atoms with Crippen molar-refractivity contribution in [2.75, 3.05) is 11.4 Å². The predicted molar refractivity (Wildman–Crippen MR) is 93.3 cm³/mol. The summed E-state index contributed by atoms with van der Waals surface area (Å²) in [4.78, 5) is 19.3. The Balaban J connectivity index is 2.16. The van der Waals surface area contributed by atoms with Crippen molar-refractivity contribution >= 4 is 29.1 Å². The number of hydrogen-bond acceptors (Lipinski definition) is 3. The van der Waals surface area contributed by atoms with E-state index in [1.54, 1.807) is 29.2 Å². The van der Waals surface area contributed by atoms with E-state index >= 15 is 0 Å². The van der Waals surface area contributed by atoms with Gasteiger partial charge in [0.05, 0.1) is 22.7 Å². The monoisotopic (exact) mass is 306 g/mol. The number of phenols is 1. The molecule has 3 rings (SSSR count). The highest BCUT2D eigenvalue weighted by Gasteiger charge is 2.26. The second-order valence-corrected chi connectivity index (χ2v) is 5.35. The van der Waals surface area contributed by atoms with Crippen LogP contribution in [0.1, 0.15) is 19.4 Å². The number of anilines is 1. The Morgan fingerprint density at radius 2 is 1.83 bits per heavy atom. The Hall–Kier alpha value is -2.88. The minimum atomic E-state index is -0.109. The van der Waals surface area contributed by atoms with Gasteiger partial charge >= 0.3 is 0 Å². The molecule has 1 aliphatic rings. The van der Waals surface area contributed by atoms with Crippen LogP contribution in [0.25, 0.3) is 6.08 Å². The number of rotatable bonds is 2. The van der Waals surface area contributed by atoms with Crippen LogP contribution in [0.3, 0.4) is 0 Å². The summed E-state index contributed by atoms with van der Waals surface area (Å²) in [6.07, 6.45) is 1.70. The highest BCUT2D eigenvalue weighted by atomic mass is 16.3. The number of carbonyl (C=O) groups is 1. The minimum absolute atomic E-state index is 0.109. The number of para-hydroxylation sites is 3. The molecule has 0 fully saturated rings. The second kappa shape index (κ2) is 6.08. The van der Waals surface area contributed by atoms with Crippen LogP contribution in [0.15, 0.2) is 59.1 Å². The van der Waals surface area contributed by atoms with Crippen LogP contribution in [0.5, 0.6) is 5.75 Å². The Morgan fingerprint density at radius 3 is 2.57 bits per heavy atom. The molecule has 2 aromatic rings. The molecule has 23 heavy (non-hydrogen) atoms. The van der Waals surface area contributed by atoms with E-state index in [9.17, 15) is 9.90 Å². The van der Waals surface area contributed by atoms with E-state index in [1.165, 1.54) is 0 Å². The summed E-state index contributed by atoms with van der Waals surface area (Å²) in [7, 11) is 0. The van der Waals surface area contributed by atoms with Crippen LogP contribution in [0.4, 0.5) is 11.4 Å². The summed E-state index contributed by atoms with van der Waals surface area (Å²) in [6, 6.07) is 14.6. The first-order valence-electron chi connectivity index (χ1n) is 7.58. The van der Waals surface area contributed by atoms with Crippen molar-refractivity contribution in [2.24, 2.45) is 4.99 Å². The highest BCUT2D eigenvalue weighted by molar-refractivity contribution is 6.30. The molecule has 116 valence electrons. The van der Waals surface area contributed by atoms with Crippen molar-refractivity contribution in [2.45, 2.75) is 13.8 Å². The normalized spacial score (nSPS) is 16.1. The van der Waals surface area contributed by atoms with Gasteiger partial charge in [0.2, 0.25) is 0 Å². The summed E-state index contributed by atoms with van der Waals surface area (Å²) in [5, 5.41) is 9.97. The molecule has 0 saturated carbocycles. The van der Waals surface area contributed by atoms with Gasteiger partial charge in [0.15, 0.2) is 0 Å². The summed E-state index contributed by atoms with van der Waals surface area (Å²) >= 11 is 0. The van der Waals surface area contributed by atoms with Crippen LogP contribution in [0.2, 0.25) is 0 Å². The molecule has 0 spiro atoms. The number of hydrogen-bond donors (Lipinski definition) is 1. The van der Waals surface area contributed by atoms with Crippen LogP contribution in [-0.4, -0.2) is 23.3 Å². The van der Waals surface area contributed by atoms with Gasteiger partial charge in [-0.25, -0.2) is 0 Å². The lowest BCUT2D eigenvalue weighted by molar-refractivity contribution is -0.114. The molecule has 0 aromatic heterocycles. The van der Waals surface area contributed by atoms with Crippen molar-refractivity contribution in [3.63, 3.8) is 0 Å². The highest BCUT2D eigenvalue weighted by Crippen LogP contribution is 2.33. The average Bonchev–Trinajstić information content (AvgIpc) is 2.65. The molecule has 0 radical (unpaired) electrons. The zero-order valence-electron chi connectivity index (χ0n) is 13.2. The van der Waals surface area contributed by atoms with Crippen molar-refractivity contribution < 1.29 is 9.90 Å². The standard InChI is InChI=1S/C19H18N2O2/c1-3-21-17-10-6-5-9-16(17)20-13(2)15(19(21)23)12-14-8-4-7-11-18(14)22/h4-12,22H,3H2,1-2H3/b15-12-. The summed E-state index contributed by atoms with van der Waals surface area (Å²) in [6.45, 7) is 4.31. The van der Waals surface area contributed by atoms with E-state index in [2.05, 4.69) is 4.99 Å². The van der Waals surface area contributed by atoms with Gasteiger partial charge in [-0.15, -0.1) is 0 Å². The molecule has 1 amide bonds. The molecule has 1 aliphatic heterocycles. The van der Waals surface area contributed by atoms with Crippen molar-refractivity contribution in [1.29, 1.82) is 0 Å². The Bertz CT molecular complexity index is 822. The molecule has 1 heterocycles. The lowest BCUT2D eigenvalue weighted by Gasteiger charge is -2.21. The third-order valence-corrected chi connectivity index (χ3v) is 3.88. The van der Waals surface area contributed by atoms with E-state index in [0.29, 0.717) is 23.4 Å². The number of fused-ring (bicyclic) bond motifs is 1. The van der Waals surface area contributed by atoms with Crippen LogP contribution < -0.4 is 4.90 Å². The zero-order chi connectivity index (χ0) is 16.4. The molecule has 0 aliphatic carbocycles. The van der Waals surface area contributed by atoms with Gasteiger partial charge < -0.3 is 10.0 Å². The van der Waals surface area contributed by atoms with Gasteiger partial charge in [-0.1, -0.05) is 30.3 Å². The number of benzene rings is 2. The number of nitrogens with zero attached hydrogens (tertiary/aromatic N) is 2. The maximum atomic E-state index is 13.0. The second-order valence-electron chi connectivity index (χ2n) is 5.35. The van der Waals surface area contributed by atoms with Gasteiger partial charge in [-0.3, -0.25) is 9.79 Å². The molecule has 1 N–H and O–H groups in total. The fourth-order valence-corrected chi connectivity index (χ4v) is 2.68. The molecule has 2 aromatic carbocycles. The van der Waals surface area contributed by atoms with Crippen LogP contribution in [0, 0.1) is 0 Å². The number of aromatic hydroxyl groups is 1. The average molecular weight is 306 g/mol. The lowest BCUT2D eigenvalue weighted by Crippen LogP contribution is -2.32. The number of aliphatic imine (C=N–C) groups is 1.